The molecule has 0 saturated carbocycles. The molecule has 0 atom stereocenters. The van der Waals surface area contributed by atoms with E-state index in [9.17, 15) is 9.18 Å². The Morgan fingerprint density at radius 1 is 1.50 bits per heavy atom. The molecule has 1 amide bonds. The minimum Gasteiger partial charge on any atom is -0.384 e. The van der Waals surface area contributed by atoms with E-state index in [0.29, 0.717) is 5.56 Å². The number of halogens is 1. The first kappa shape index (κ1) is 13.8. The Kier molecular flexibility index (Phi) is 4.47. The predicted molar refractivity (Wildman–Crippen MR) is 71.2 cm³/mol. The van der Waals surface area contributed by atoms with Gasteiger partial charge in [-0.2, -0.15) is 5.10 Å². The molecule has 1 aromatic carbocycles. The van der Waals surface area contributed by atoms with E-state index in [1.807, 2.05) is 0 Å². The number of nitrogens with one attached hydrogen (secondary N) is 1. The number of aliphatic hydroxyl groups is 1. The average Bonchev–Trinajstić information content (AvgIpc) is 2.92. The van der Waals surface area contributed by atoms with Crippen molar-refractivity contribution in [2.45, 2.75) is 6.54 Å². The zero-order valence-corrected chi connectivity index (χ0v) is 10.5. The number of hydrogen-bond donors (Lipinski definition) is 2. The molecule has 0 aliphatic rings. The summed E-state index contributed by atoms with van der Waals surface area (Å²) in [5.41, 5.74) is 0.512. The highest BCUT2D eigenvalue weighted by molar-refractivity contribution is 5.90. The number of carbonyl (C=O) groups excluding carboxylic acids is 1. The number of anilines is 1. The molecular formula is C14H12FN3O2. The maximum absolute atomic E-state index is 13.7. The molecule has 0 aliphatic carbocycles. The van der Waals surface area contributed by atoms with Crippen molar-refractivity contribution in [3.8, 4) is 11.8 Å². The van der Waals surface area contributed by atoms with Crippen molar-refractivity contribution < 1.29 is 14.3 Å². The summed E-state index contributed by atoms with van der Waals surface area (Å²) in [5, 5.41) is 14.9. The molecule has 0 fully saturated rings. The van der Waals surface area contributed by atoms with Gasteiger partial charge in [-0.3, -0.25) is 9.48 Å². The molecule has 20 heavy (non-hydrogen) atoms. The van der Waals surface area contributed by atoms with Crippen LogP contribution in [0, 0.1) is 17.7 Å². The van der Waals surface area contributed by atoms with E-state index in [2.05, 4.69) is 22.3 Å². The first-order valence-electron chi connectivity index (χ1n) is 5.85. The molecule has 0 saturated heterocycles. The Morgan fingerprint density at radius 2 is 2.35 bits per heavy atom. The minimum absolute atomic E-state index is 0.0124. The zero-order chi connectivity index (χ0) is 14.4. The lowest BCUT2D eigenvalue weighted by atomic mass is 10.2. The normalized spacial score (nSPS) is 9.70. The smallest absolute Gasteiger partial charge is 0.246 e. The second-order valence-electron chi connectivity index (χ2n) is 3.91. The minimum atomic E-state index is -0.580. The molecule has 6 heteroatoms. The van der Waals surface area contributed by atoms with E-state index >= 15 is 0 Å². The van der Waals surface area contributed by atoms with Gasteiger partial charge in [-0.05, 0) is 24.3 Å². The van der Waals surface area contributed by atoms with Gasteiger partial charge in [-0.1, -0.05) is 11.8 Å². The van der Waals surface area contributed by atoms with E-state index in [1.54, 1.807) is 24.5 Å². The molecule has 0 aliphatic heterocycles. The second kappa shape index (κ2) is 6.50. The number of amides is 1. The van der Waals surface area contributed by atoms with Gasteiger partial charge in [-0.15, -0.1) is 0 Å². The Balaban J connectivity index is 2.04. The fraction of sp³-hybridized carbons (Fsp3) is 0.143. The maximum Gasteiger partial charge on any atom is 0.246 e. The van der Waals surface area contributed by atoms with Gasteiger partial charge >= 0.3 is 0 Å². The molecule has 1 aromatic heterocycles. The van der Waals surface area contributed by atoms with Gasteiger partial charge in [0.05, 0.1) is 5.69 Å². The molecule has 5 nitrogen and oxygen atoms in total. The van der Waals surface area contributed by atoms with Crippen LogP contribution in [0.2, 0.25) is 0 Å². The third kappa shape index (κ3) is 3.67. The monoisotopic (exact) mass is 273 g/mol. The SMILES string of the molecule is O=C(Cn1cccn1)Nc1ccc(C#CCO)cc1F. The Labute approximate surface area is 115 Å². The summed E-state index contributed by atoms with van der Waals surface area (Å²) in [4.78, 5) is 11.7. The van der Waals surface area contributed by atoms with Crippen molar-refractivity contribution in [2.75, 3.05) is 11.9 Å². The molecule has 102 valence electrons. The first-order chi connectivity index (χ1) is 9.69. The van der Waals surface area contributed by atoms with Crippen molar-refractivity contribution in [1.82, 2.24) is 9.78 Å². The standard InChI is InChI=1S/C14H12FN3O2/c15-12-9-11(3-1-8-19)4-5-13(12)17-14(20)10-18-7-2-6-16-18/h2,4-7,9,19H,8,10H2,(H,17,20). The van der Waals surface area contributed by atoms with Crippen LogP contribution in [0.5, 0.6) is 0 Å². The van der Waals surface area contributed by atoms with Crippen LogP contribution in [0.15, 0.2) is 36.7 Å². The third-order valence-electron chi connectivity index (χ3n) is 2.42. The Morgan fingerprint density at radius 3 is 3.00 bits per heavy atom. The summed E-state index contributed by atoms with van der Waals surface area (Å²) >= 11 is 0. The lowest BCUT2D eigenvalue weighted by molar-refractivity contribution is -0.116. The van der Waals surface area contributed by atoms with Gasteiger partial charge in [0.1, 0.15) is 19.0 Å². The molecule has 0 unspecified atom stereocenters. The van der Waals surface area contributed by atoms with Crippen LogP contribution >= 0.6 is 0 Å². The lowest BCUT2D eigenvalue weighted by Gasteiger charge is -2.06. The number of carbonyl (C=O) groups is 1. The van der Waals surface area contributed by atoms with Gasteiger partial charge < -0.3 is 10.4 Å². The highest BCUT2D eigenvalue weighted by atomic mass is 19.1. The van der Waals surface area contributed by atoms with Crippen molar-refractivity contribution in [1.29, 1.82) is 0 Å². The molecule has 1 heterocycles. The summed E-state index contributed by atoms with van der Waals surface area (Å²) in [5.74, 6) is 4.05. The first-order valence-corrected chi connectivity index (χ1v) is 5.85. The van der Waals surface area contributed by atoms with Crippen molar-refractivity contribution >= 4 is 11.6 Å². The predicted octanol–water partition coefficient (Wildman–Crippen LogP) is 1.00. The highest BCUT2D eigenvalue weighted by Gasteiger charge is 2.08. The number of aliphatic hydroxyl groups excluding tert-OH is 1. The van der Waals surface area contributed by atoms with Crippen LogP contribution in [0.1, 0.15) is 5.56 Å². The summed E-state index contributed by atoms with van der Waals surface area (Å²) in [6.45, 7) is -0.275. The number of hydrogen-bond acceptors (Lipinski definition) is 3. The van der Waals surface area contributed by atoms with Crippen LogP contribution in [0.3, 0.4) is 0 Å². The van der Waals surface area contributed by atoms with Crippen LogP contribution in [-0.2, 0) is 11.3 Å². The number of nitrogens with zero attached hydrogens (tertiary/aromatic N) is 2. The van der Waals surface area contributed by atoms with Crippen molar-refractivity contribution in [3.63, 3.8) is 0 Å². The highest BCUT2D eigenvalue weighted by Crippen LogP contribution is 2.15. The number of aromatic nitrogens is 2. The zero-order valence-electron chi connectivity index (χ0n) is 10.5. The fourth-order valence-electron chi connectivity index (χ4n) is 1.57. The van der Waals surface area contributed by atoms with Gasteiger partial charge in [0.25, 0.3) is 0 Å². The largest absolute Gasteiger partial charge is 0.384 e. The molecule has 0 bridgehead atoms. The summed E-state index contributed by atoms with van der Waals surface area (Å²) in [6.07, 6.45) is 3.20. The topological polar surface area (TPSA) is 67.2 Å². The Hall–Kier alpha value is -2.65. The summed E-state index contributed by atoms with van der Waals surface area (Å²) < 4.78 is 15.2. The van der Waals surface area contributed by atoms with Gasteiger partial charge in [-0.25, -0.2) is 4.39 Å². The van der Waals surface area contributed by atoms with E-state index in [0.717, 1.165) is 0 Å². The Bertz CT molecular complexity index is 657. The van der Waals surface area contributed by atoms with E-state index < -0.39 is 5.82 Å². The lowest BCUT2D eigenvalue weighted by Crippen LogP contribution is -2.19. The van der Waals surface area contributed by atoms with Crippen LogP contribution in [0.4, 0.5) is 10.1 Å². The number of benzene rings is 1. The van der Waals surface area contributed by atoms with E-state index in [4.69, 9.17) is 5.11 Å². The van der Waals surface area contributed by atoms with Crippen LogP contribution < -0.4 is 5.32 Å². The molecule has 0 radical (unpaired) electrons. The second-order valence-corrected chi connectivity index (χ2v) is 3.91. The van der Waals surface area contributed by atoms with Crippen molar-refractivity contribution in [3.05, 3.63) is 48.0 Å². The molecular weight excluding hydrogens is 261 g/mol. The van der Waals surface area contributed by atoms with E-state index in [1.165, 1.54) is 16.8 Å². The maximum atomic E-state index is 13.7. The molecule has 2 N–H and O–H groups in total. The number of rotatable bonds is 3. The quantitative estimate of drug-likeness (QED) is 0.820. The van der Waals surface area contributed by atoms with Gasteiger partial charge in [0.2, 0.25) is 5.91 Å². The van der Waals surface area contributed by atoms with E-state index in [-0.39, 0.29) is 24.7 Å². The van der Waals surface area contributed by atoms with Gasteiger partial charge in [0, 0.05) is 18.0 Å². The fourth-order valence-corrected chi connectivity index (χ4v) is 1.57. The van der Waals surface area contributed by atoms with Crippen LogP contribution in [0.25, 0.3) is 0 Å². The molecule has 0 spiro atoms. The summed E-state index contributed by atoms with van der Waals surface area (Å²) in [6, 6.07) is 5.89. The average molecular weight is 273 g/mol. The summed E-state index contributed by atoms with van der Waals surface area (Å²) in [7, 11) is 0. The molecule has 2 rings (SSSR count). The van der Waals surface area contributed by atoms with Gasteiger partial charge in [0.15, 0.2) is 0 Å². The third-order valence-corrected chi connectivity index (χ3v) is 2.42. The molecule has 2 aromatic rings. The van der Waals surface area contributed by atoms with Crippen LogP contribution in [-0.4, -0.2) is 27.4 Å². The van der Waals surface area contributed by atoms with Crippen molar-refractivity contribution in [2.24, 2.45) is 0 Å².